The highest BCUT2D eigenvalue weighted by Gasteiger charge is 2.16. The smallest absolute Gasteiger partial charge is 0.266 e. The number of carbonyl (C=O) groups is 1. The van der Waals surface area contributed by atoms with Gasteiger partial charge in [0.25, 0.3) is 11.9 Å². The molecule has 0 aliphatic heterocycles. The largest absolute Gasteiger partial charge is 0.289 e. The highest BCUT2D eigenvalue weighted by molar-refractivity contribution is 7.09. The molecule has 0 radical (unpaired) electrons. The Labute approximate surface area is 124 Å². The predicted octanol–water partition coefficient (Wildman–Crippen LogP) is 1.23. The summed E-state index contributed by atoms with van der Waals surface area (Å²) in [5, 5.41) is 12.2. The van der Waals surface area contributed by atoms with Gasteiger partial charge in [-0.3, -0.25) is 10.2 Å². The molecule has 8 nitrogen and oxygen atoms in total. The third-order valence-corrected chi connectivity index (χ3v) is 3.67. The van der Waals surface area contributed by atoms with Crippen molar-refractivity contribution in [3.63, 3.8) is 0 Å². The molecule has 3 rings (SSSR count). The molecule has 0 aromatic carbocycles. The van der Waals surface area contributed by atoms with E-state index in [-0.39, 0.29) is 5.91 Å². The van der Waals surface area contributed by atoms with Crippen LogP contribution in [0.1, 0.15) is 26.8 Å². The Bertz CT molecular complexity index is 800. The summed E-state index contributed by atoms with van der Waals surface area (Å²) in [5.41, 5.74) is 6.51. The minimum Gasteiger partial charge on any atom is -0.266 e. The molecule has 3 aromatic rings. The van der Waals surface area contributed by atoms with Gasteiger partial charge in [0.2, 0.25) is 0 Å². The van der Waals surface area contributed by atoms with E-state index >= 15 is 0 Å². The first-order valence-corrected chi connectivity index (χ1v) is 7.09. The zero-order chi connectivity index (χ0) is 15.0. The lowest BCUT2D eigenvalue weighted by Gasteiger charge is -2.08. The van der Waals surface area contributed by atoms with E-state index in [2.05, 4.69) is 25.7 Å². The minimum atomic E-state index is -0.309. The standard InChI is InChI=1S/C12H13N7OS/c1-7-4-8(2)19(16-7)12-15-14-5-18(12)17-11(20)10-9(3)21-6-13-10/h4-6H,1-3H3,(H,17,20). The number of nitrogens with one attached hydrogen (secondary N) is 1. The summed E-state index contributed by atoms with van der Waals surface area (Å²) < 4.78 is 3.05. The van der Waals surface area contributed by atoms with Crippen LogP contribution in [0, 0.1) is 20.8 Å². The number of amides is 1. The second-order valence-corrected chi connectivity index (χ2v) is 5.60. The van der Waals surface area contributed by atoms with Crippen LogP contribution in [0.4, 0.5) is 0 Å². The second-order valence-electron chi connectivity index (χ2n) is 4.54. The Hall–Kier alpha value is -2.55. The molecule has 0 saturated heterocycles. The summed E-state index contributed by atoms with van der Waals surface area (Å²) in [6, 6.07) is 1.92. The molecule has 9 heteroatoms. The number of thiazole rings is 1. The van der Waals surface area contributed by atoms with Crippen molar-refractivity contribution in [1.29, 1.82) is 0 Å². The van der Waals surface area contributed by atoms with E-state index in [1.54, 1.807) is 10.2 Å². The van der Waals surface area contributed by atoms with E-state index in [1.807, 2.05) is 26.8 Å². The van der Waals surface area contributed by atoms with Gasteiger partial charge < -0.3 is 0 Å². The number of carbonyl (C=O) groups excluding carboxylic acids is 1. The van der Waals surface area contributed by atoms with Gasteiger partial charge in [-0.25, -0.2) is 14.3 Å². The van der Waals surface area contributed by atoms with Gasteiger partial charge in [-0.15, -0.1) is 21.5 Å². The average molecular weight is 303 g/mol. The quantitative estimate of drug-likeness (QED) is 0.786. The number of hydrogen-bond donors (Lipinski definition) is 1. The number of hydrogen-bond acceptors (Lipinski definition) is 6. The van der Waals surface area contributed by atoms with Crippen LogP contribution in [0.2, 0.25) is 0 Å². The minimum absolute atomic E-state index is 0.309. The van der Waals surface area contributed by atoms with E-state index in [0.29, 0.717) is 11.6 Å². The normalized spacial score (nSPS) is 10.8. The van der Waals surface area contributed by atoms with Gasteiger partial charge in [0, 0.05) is 10.6 Å². The third-order valence-electron chi connectivity index (χ3n) is 2.91. The van der Waals surface area contributed by atoms with Crippen LogP contribution in [0.5, 0.6) is 0 Å². The van der Waals surface area contributed by atoms with Gasteiger partial charge in [-0.05, 0) is 26.8 Å². The summed E-state index contributed by atoms with van der Waals surface area (Å²) in [6.07, 6.45) is 1.42. The fourth-order valence-electron chi connectivity index (χ4n) is 1.97. The van der Waals surface area contributed by atoms with Gasteiger partial charge in [0.1, 0.15) is 12.0 Å². The highest BCUT2D eigenvalue weighted by atomic mass is 32.1. The van der Waals surface area contributed by atoms with Crippen molar-refractivity contribution in [3.8, 4) is 5.95 Å². The molecule has 108 valence electrons. The molecule has 0 bridgehead atoms. The van der Waals surface area contributed by atoms with Gasteiger partial charge in [-0.1, -0.05) is 0 Å². The lowest BCUT2D eigenvalue weighted by molar-refractivity contribution is 0.100. The van der Waals surface area contributed by atoms with Crippen molar-refractivity contribution < 1.29 is 4.79 Å². The first-order chi connectivity index (χ1) is 10.1. The molecule has 1 N–H and O–H groups in total. The SMILES string of the molecule is Cc1cc(C)n(-c2nncn2NC(=O)c2ncsc2C)n1. The topological polar surface area (TPSA) is 90.5 Å². The van der Waals surface area contributed by atoms with Crippen molar-refractivity contribution in [2.45, 2.75) is 20.8 Å². The Morgan fingerprint density at radius 2 is 2.14 bits per heavy atom. The molecule has 21 heavy (non-hydrogen) atoms. The number of nitrogens with zero attached hydrogens (tertiary/aromatic N) is 6. The first-order valence-electron chi connectivity index (χ1n) is 6.21. The second kappa shape index (κ2) is 5.09. The molecule has 0 saturated carbocycles. The van der Waals surface area contributed by atoms with E-state index < -0.39 is 0 Å². The van der Waals surface area contributed by atoms with Crippen LogP contribution in [-0.2, 0) is 0 Å². The molecule has 0 atom stereocenters. The molecule has 0 spiro atoms. The van der Waals surface area contributed by atoms with E-state index in [4.69, 9.17) is 0 Å². The molecule has 3 aromatic heterocycles. The molecule has 0 fully saturated rings. The van der Waals surface area contributed by atoms with Crippen molar-refractivity contribution in [2.24, 2.45) is 0 Å². The summed E-state index contributed by atoms with van der Waals surface area (Å²) in [4.78, 5) is 17.1. The molecular weight excluding hydrogens is 290 g/mol. The van der Waals surface area contributed by atoms with E-state index in [0.717, 1.165) is 16.3 Å². The van der Waals surface area contributed by atoms with Crippen molar-refractivity contribution in [1.82, 2.24) is 29.6 Å². The summed E-state index contributed by atoms with van der Waals surface area (Å²) >= 11 is 1.42. The van der Waals surface area contributed by atoms with Gasteiger partial charge in [0.05, 0.1) is 11.2 Å². The fraction of sp³-hybridized carbons (Fsp3) is 0.250. The van der Waals surface area contributed by atoms with Gasteiger partial charge >= 0.3 is 0 Å². The first kappa shape index (κ1) is 13.4. The van der Waals surface area contributed by atoms with Crippen LogP contribution in [0.3, 0.4) is 0 Å². The summed E-state index contributed by atoms with van der Waals surface area (Å²) in [6.45, 7) is 5.65. The Kier molecular flexibility index (Phi) is 3.26. The molecule has 0 aliphatic carbocycles. The number of rotatable bonds is 3. The summed E-state index contributed by atoms with van der Waals surface area (Å²) in [7, 11) is 0. The predicted molar refractivity (Wildman–Crippen MR) is 77.2 cm³/mol. The maximum absolute atomic E-state index is 12.2. The van der Waals surface area contributed by atoms with E-state index in [1.165, 1.54) is 22.3 Å². The zero-order valence-electron chi connectivity index (χ0n) is 11.7. The molecule has 3 heterocycles. The van der Waals surface area contributed by atoms with Crippen LogP contribution in [0.25, 0.3) is 5.95 Å². The van der Waals surface area contributed by atoms with Crippen molar-refractivity contribution >= 4 is 17.2 Å². The number of aromatic nitrogens is 6. The highest BCUT2D eigenvalue weighted by Crippen LogP contribution is 2.12. The van der Waals surface area contributed by atoms with Crippen molar-refractivity contribution in [2.75, 3.05) is 5.43 Å². The van der Waals surface area contributed by atoms with Crippen LogP contribution in [-0.4, -0.2) is 35.5 Å². The Balaban J connectivity index is 1.92. The monoisotopic (exact) mass is 303 g/mol. The lowest BCUT2D eigenvalue weighted by atomic mass is 10.4. The lowest BCUT2D eigenvalue weighted by Crippen LogP contribution is -2.26. The van der Waals surface area contributed by atoms with E-state index in [9.17, 15) is 4.79 Å². The number of aryl methyl sites for hydroxylation is 3. The summed E-state index contributed by atoms with van der Waals surface area (Å²) in [5.74, 6) is 0.109. The molecule has 1 amide bonds. The van der Waals surface area contributed by atoms with Crippen LogP contribution < -0.4 is 5.43 Å². The molecule has 0 unspecified atom stereocenters. The van der Waals surface area contributed by atoms with Crippen molar-refractivity contribution in [3.05, 3.63) is 39.9 Å². The average Bonchev–Trinajstić information content (AvgIpc) is 3.10. The molecule has 0 aliphatic rings. The van der Waals surface area contributed by atoms with Crippen LogP contribution >= 0.6 is 11.3 Å². The maximum Gasteiger partial charge on any atom is 0.289 e. The fourth-order valence-corrected chi connectivity index (χ4v) is 2.54. The Morgan fingerprint density at radius 1 is 1.33 bits per heavy atom. The van der Waals surface area contributed by atoms with Gasteiger partial charge in [-0.2, -0.15) is 5.10 Å². The zero-order valence-corrected chi connectivity index (χ0v) is 12.5. The maximum atomic E-state index is 12.2. The molecular formula is C12H13N7OS. The Morgan fingerprint density at radius 3 is 2.76 bits per heavy atom. The van der Waals surface area contributed by atoms with Gasteiger partial charge in [0.15, 0.2) is 0 Å². The van der Waals surface area contributed by atoms with Crippen LogP contribution in [0.15, 0.2) is 17.9 Å². The third kappa shape index (κ3) is 2.42.